The van der Waals surface area contributed by atoms with E-state index < -0.39 is 5.82 Å². The summed E-state index contributed by atoms with van der Waals surface area (Å²) in [6.07, 6.45) is 6.40. The number of carbonyl (C=O) groups excluding carboxylic acids is 1. The smallest absolute Gasteiger partial charge is 0.251 e. The highest BCUT2D eigenvalue weighted by molar-refractivity contribution is 5.94. The van der Waals surface area contributed by atoms with Crippen molar-refractivity contribution in [1.82, 2.24) is 5.32 Å². The number of amides is 1. The van der Waals surface area contributed by atoms with Gasteiger partial charge < -0.3 is 10.1 Å². The van der Waals surface area contributed by atoms with Gasteiger partial charge in [-0.25, -0.2) is 4.39 Å². The molecule has 1 rings (SSSR count). The summed E-state index contributed by atoms with van der Waals surface area (Å²) >= 11 is 0. The van der Waals surface area contributed by atoms with E-state index in [1.807, 2.05) is 0 Å². The first kappa shape index (κ1) is 17.5. The van der Waals surface area contributed by atoms with Crippen molar-refractivity contribution in [3.8, 4) is 5.75 Å². The summed E-state index contributed by atoms with van der Waals surface area (Å²) in [5.41, 5.74) is 0.338. The summed E-state index contributed by atoms with van der Waals surface area (Å²) < 4.78 is 18.5. The van der Waals surface area contributed by atoms with Gasteiger partial charge in [0, 0.05) is 11.6 Å². The molecular formula is C17H26FNO2. The molecule has 1 atom stereocenters. The number of nitrogens with one attached hydrogen (secondary N) is 1. The highest BCUT2D eigenvalue weighted by Gasteiger charge is 2.14. The second-order valence-electron chi connectivity index (χ2n) is 5.30. The average Bonchev–Trinajstić information content (AvgIpc) is 2.47. The zero-order valence-electron chi connectivity index (χ0n) is 13.2. The van der Waals surface area contributed by atoms with Gasteiger partial charge in [0.05, 0.1) is 7.11 Å². The molecule has 0 saturated heterocycles. The molecule has 1 aromatic rings. The number of benzene rings is 1. The molecule has 0 aromatic heterocycles. The number of carbonyl (C=O) groups is 1. The average molecular weight is 295 g/mol. The third-order valence-electron chi connectivity index (χ3n) is 3.54. The summed E-state index contributed by atoms with van der Waals surface area (Å²) in [6, 6.07) is 4.46. The number of ether oxygens (including phenoxy) is 1. The van der Waals surface area contributed by atoms with Crippen LogP contribution >= 0.6 is 0 Å². The van der Waals surface area contributed by atoms with Crippen LogP contribution in [0.5, 0.6) is 5.75 Å². The van der Waals surface area contributed by atoms with E-state index in [1.54, 1.807) is 6.07 Å². The maximum absolute atomic E-state index is 13.6. The van der Waals surface area contributed by atoms with Crippen LogP contribution in [0.25, 0.3) is 0 Å². The number of methoxy groups -OCH3 is 1. The van der Waals surface area contributed by atoms with Crippen LogP contribution < -0.4 is 10.1 Å². The van der Waals surface area contributed by atoms with Gasteiger partial charge in [-0.1, -0.05) is 39.5 Å². The minimum Gasteiger partial charge on any atom is -0.494 e. The molecule has 0 aliphatic heterocycles. The number of halogens is 1. The summed E-state index contributed by atoms with van der Waals surface area (Å²) in [4.78, 5) is 12.2. The van der Waals surface area contributed by atoms with E-state index in [0.717, 1.165) is 32.1 Å². The quantitative estimate of drug-likeness (QED) is 0.689. The Labute approximate surface area is 126 Å². The fourth-order valence-electron chi connectivity index (χ4n) is 2.35. The van der Waals surface area contributed by atoms with Crippen molar-refractivity contribution in [2.75, 3.05) is 7.11 Å². The molecule has 3 nitrogen and oxygen atoms in total. The molecule has 1 N–H and O–H groups in total. The van der Waals surface area contributed by atoms with E-state index in [9.17, 15) is 9.18 Å². The molecule has 118 valence electrons. The van der Waals surface area contributed by atoms with Gasteiger partial charge in [0.1, 0.15) is 0 Å². The van der Waals surface area contributed by atoms with Crippen molar-refractivity contribution in [3.63, 3.8) is 0 Å². The van der Waals surface area contributed by atoms with Crippen LogP contribution in [0, 0.1) is 5.82 Å². The van der Waals surface area contributed by atoms with Gasteiger partial charge in [-0.05, 0) is 31.0 Å². The fourth-order valence-corrected chi connectivity index (χ4v) is 2.35. The Morgan fingerprint density at radius 3 is 2.57 bits per heavy atom. The van der Waals surface area contributed by atoms with Crippen LogP contribution in [0.1, 0.15) is 62.7 Å². The first-order chi connectivity index (χ1) is 10.1. The third kappa shape index (κ3) is 5.74. The summed E-state index contributed by atoms with van der Waals surface area (Å²) in [7, 11) is 1.41. The third-order valence-corrected chi connectivity index (χ3v) is 3.54. The van der Waals surface area contributed by atoms with Gasteiger partial charge in [-0.15, -0.1) is 0 Å². The van der Waals surface area contributed by atoms with Crippen LogP contribution in [0.15, 0.2) is 18.2 Å². The predicted molar refractivity (Wildman–Crippen MR) is 83.3 cm³/mol. The summed E-state index contributed by atoms with van der Waals surface area (Å²) in [5.74, 6) is -0.575. The molecule has 21 heavy (non-hydrogen) atoms. The summed E-state index contributed by atoms with van der Waals surface area (Å²) in [6.45, 7) is 4.26. The van der Waals surface area contributed by atoms with E-state index in [1.165, 1.54) is 25.7 Å². The normalized spacial score (nSPS) is 12.0. The van der Waals surface area contributed by atoms with Crippen molar-refractivity contribution in [2.24, 2.45) is 0 Å². The number of unbranched alkanes of at least 4 members (excludes halogenated alkanes) is 2. The standard InChI is InChI=1S/C17H26FNO2/c1-4-6-7-9-14(8-5-2)19-17(20)13-10-11-16(21-3)15(18)12-13/h10-12,14H,4-9H2,1-3H3,(H,19,20). The molecule has 1 amide bonds. The predicted octanol–water partition coefficient (Wildman–Crippen LogP) is 4.31. The lowest BCUT2D eigenvalue weighted by molar-refractivity contribution is 0.0931. The highest BCUT2D eigenvalue weighted by Crippen LogP contribution is 2.18. The molecule has 0 aliphatic carbocycles. The van der Waals surface area contributed by atoms with E-state index in [0.29, 0.717) is 5.56 Å². The molecule has 1 unspecified atom stereocenters. The monoisotopic (exact) mass is 295 g/mol. The van der Waals surface area contributed by atoms with Gasteiger partial charge in [0.2, 0.25) is 0 Å². The molecule has 0 heterocycles. The molecule has 0 saturated carbocycles. The number of hydrogen-bond donors (Lipinski definition) is 1. The molecule has 0 radical (unpaired) electrons. The maximum Gasteiger partial charge on any atom is 0.251 e. The van der Waals surface area contributed by atoms with Crippen molar-refractivity contribution >= 4 is 5.91 Å². The zero-order valence-corrected chi connectivity index (χ0v) is 13.2. The fraction of sp³-hybridized carbons (Fsp3) is 0.588. The Hall–Kier alpha value is -1.58. The van der Waals surface area contributed by atoms with Crippen LogP contribution in [0.4, 0.5) is 4.39 Å². The Kier molecular flexibility index (Phi) is 7.80. The van der Waals surface area contributed by atoms with E-state index in [4.69, 9.17) is 4.74 Å². The van der Waals surface area contributed by atoms with Crippen LogP contribution in [0.3, 0.4) is 0 Å². The van der Waals surface area contributed by atoms with E-state index >= 15 is 0 Å². The zero-order chi connectivity index (χ0) is 15.7. The van der Waals surface area contributed by atoms with Crippen LogP contribution in [-0.2, 0) is 0 Å². The lowest BCUT2D eigenvalue weighted by Crippen LogP contribution is -2.34. The molecular weight excluding hydrogens is 269 g/mol. The lowest BCUT2D eigenvalue weighted by atomic mass is 10.0. The number of rotatable bonds is 9. The van der Waals surface area contributed by atoms with Crippen molar-refractivity contribution in [3.05, 3.63) is 29.6 Å². The molecule has 0 spiro atoms. The van der Waals surface area contributed by atoms with Gasteiger partial charge in [-0.2, -0.15) is 0 Å². The lowest BCUT2D eigenvalue weighted by Gasteiger charge is -2.18. The van der Waals surface area contributed by atoms with Crippen molar-refractivity contribution < 1.29 is 13.9 Å². The second kappa shape index (κ2) is 9.37. The Morgan fingerprint density at radius 2 is 2.00 bits per heavy atom. The van der Waals surface area contributed by atoms with E-state index in [-0.39, 0.29) is 17.7 Å². The molecule has 0 aliphatic rings. The minimum atomic E-state index is -0.511. The van der Waals surface area contributed by atoms with Gasteiger partial charge in [0.25, 0.3) is 5.91 Å². The second-order valence-corrected chi connectivity index (χ2v) is 5.30. The van der Waals surface area contributed by atoms with Crippen LogP contribution in [-0.4, -0.2) is 19.1 Å². The maximum atomic E-state index is 13.6. The topological polar surface area (TPSA) is 38.3 Å². The Balaban J connectivity index is 2.65. The van der Waals surface area contributed by atoms with Crippen LogP contribution in [0.2, 0.25) is 0 Å². The summed E-state index contributed by atoms with van der Waals surface area (Å²) in [5, 5.41) is 3.01. The molecule has 0 fully saturated rings. The Bertz CT molecular complexity index is 448. The molecule has 0 bridgehead atoms. The first-order valence-electron chi connectivity index (χ1n) is 7.76. The first-order valence-corrected chi connectivity index (χ1v) is 7.76. The van der Waals surface area contributed by atoms with Gasteiger partial charge in [-0.3, -0.25) is 4.79 Å². The SMILES string of the molecule is CCCCCC(CCC)NC(=O)c1ccc(OC)c(F)c1. The molecule has 1 aromatic carbocycles. The highest BCUT2D eigenvalue weighted by atomic mass is 19.1. The molecule has 4 heteroatoms. The Morgan fingerprint density at radius 1 is 1.24 bits per heavy atom. The van der Waals surface area contributed by atoms with Crippen molar-refractivity contribution in [1.29, 1.82) is 0 Å². The van der Waals surface area contributed by atoms with Crippen molar-refractivity contribution in [2.45, 2.75) is 58.4 Å². The van der Waals surface area contributed by atoms with Gasteiger partial charge >= 0.3 is 0 Å². The number of hydrogen-bond acceptors (Lipinski definition) is 2. The largest absolute Gasteiger partial charge is 0.494 e. The van der Waals surface area contributed by atoms with E-state index in [2.05, 4.69) is 19.2 Å². The van der Waals surface area contributed by atoms with Gasteiger partial charge in [0.15, 0.2) is 11.6 Å². The minimum absolute atomic E-state index is 0.152.